The van der Waals surface area contributed by atoms with Crippen molar-refractivity contribution in [2.75, 3.05) is 52.8 Å². The molecule has 84 heavy (non-hydrogen) atoms. The minimum atomic E-state index is -5.62. The predicted octanol–water partition coefficient (Wildman–Crippen LogP) is -20.3. The topological polar surface area (TPSA) is 776 Å². The Hall–Kier alpha value is -1.87. The van der Waals surface area contributed by atoms with Gasteiger partial charge in [0.1, 0.15) is 135 Å². The van der Waals surface area contributed by atoms with Gasteiger partial charge in [0, 0.05) is 6.04 Å². The number of carboxylic acid groups (broad SMARTS) is 3. The Bertz CT molecular complexity index is 2030. The average molecular weight is 1320 g/mol. The van der Waals surface area contributed by atoms with Gasteiger partial charge < -0.3 is 179 Å². The molecular weight excluding hydrogens is 1260 g/mol. The number of carbonyl (C=O) groups excluding carboxylic acids is 3. The molecule has 44 nitrogen and oxygen atoms in total. The van der Waals surface area contributed by atoms with Gasteiger partial charge in [0.25, 0.3) is 23.5 Å². The lowest BCUT2D eigenvalue weighted by Gasteiger charge is -2.46. The lowest BCUT2D eigenvalue weighted by molar-refractivity contribution is -0.344. The van der Waals surface area contributed by atoms with Gasteiger partial charge in [-0.2, -0.15) is 13.9 Å². The van der Waals surface area contributed by atoms with Crippen LogP contribution in [0.3, 0.4) is 0 Å². The fraction of sp³-hybridized carbons (Fsp3) is 0.917. The Morgan fingerprint density at radius 2 is 1.08 bits per heavy atom. The third-order valence-electron chi connectivity index (χ3n) is 11.2. The minimum Gasteiger partial charge on any atom is -0.756 e. The number of carbonyl (C=O) groups is 3. The van der Waals surface area contributed by atoms with E-state index in [1.165, 1.54) is 0 Å². The van der Waals surface area contributed by atoms with Crippen LogP contribution in [0.5, 0.6) is 0 Å². The van der Waals surface area contributed by atoms with Crippen LogP contribution < -0.4 is 45.5 Å². The maximum atomic E-state index is 12.0. The number of ether oxygens (including phenoxy) is 2. The number of aliphatic carboxylic acids is 3. The van der Waals surface area contributed by atoms with E-state index in [0.717, 1.165) is 6.54 Å². The molecule has 3 aliphatic heterocycles. The molecule has 0 aromatic carbocycles. The van der Waals surface area contributed by atoms with Crippen molar-refractivity contribution in [3.05, 3.63) is 0 Å². The summed E-state index contributed by atoms with van der Waals surface area (Å²) in [6, 6.07) is -0.476. The van der Waals surface area contributed by atoms with Crippen molar-refractivity contribution in [3.8, 4) is 0 Å². The fourth-order valence-electron chi connectivity index (χ4n) is 6.68. The van der Waals surface area contributed by atoms with Gasteiger partial charge in [-0.05, 0) is 19.9 Å². The Labute approximate surface area is 472 Å². The van der Waals surface area contributed by atoms with E-state index in [0.29, 0.717) is 6.42 Å². The summed E-state index contributed by atoms with van der Waals surface area (Å²) in [5.41, 5.74) is 0. The number of nitrogens with one attached hydrogen (secondary N) is 2. The number of phosphoric acid groups is 4. The van der Waals surface area contributed by atoms with Crippen molar-refractivity contribution in [2.24, 2.45) is 0 Å². The Kier molecular flexibility index (Phi) is 34.4. The highest BCUT2D eigenvalue weighted by atomic mass is 31.3. The molecule has 5 fully saturated rings. The summed E-state index contributed by atoms with van der Waals surface area (Å²) >= 11 is 0. The number of aliphatic hydroxyl groups is 19. The standard InChI is InChI=1S/C12H23O14P.C9H16O9.C6H12N2O2.C6H15O8P.C3H6O9P2/c13-1-3(15)7(19)11(8(20)4(1)16)25-27(23,24)26-12-9(21)5(17)2(14)6(18)10(12)22;10-1-3-5(12)6(13)7(14)9(17-3)18-4(2-11)8(15)16;1-4-7-3-2-5(8-4)6(9)10;7-1-5(9)3-13-15(11,12)14-4-6(10)2-8;4-3(5)2-1-10-13(6,7)12-14(8,9)11-2/h1-22H,(H,23,24);3-7,9-14H,1-2H2,(H,15,16);4-5,7-8H,2-3H2,1H3,(H,9,10);5-10H,1-4H2,(H,11,12);2H,1H2,(H,4,5)(H,6,7)(H,8,9)/p-6/t1?,2?,3-,4?,5?,6?,7?,8?,9-,10?,11?,12?;3?,4?,5-,6-,7?,9?;4?,5-;;2-/m110.0/s1. The lowest BCUT2D eigenvalue weighted by Crippen LogP contribution is -2.65. The van der Waals surface area contributed by atoms with Gasteiger partial charge in [-0.3, -0.25) is 19.0 Å². The van der Waals surface area contributed by atoms with Crippen molar-refractivity contribution in [1.82, 2.24) is 10.6 Å². The van der Waals surface area contributed by atoms with Crippen LogP contribution in [0.15, 0.2) is 0 Å². The normalized spacial score (nSPS) is 40.4. The quantitative estimate of drug-likeness (QED) is 0.0534. The summed E-state index contributed by atoms with van der Waals surface area (Å²) in [6.07, 6.45) is -38.9. The average Bonchev–Trinajstić information content (AvgIpc) is 2.37. The van der Waals surface area contributed by atoms with Gasteiger partial charge >= 0.3 is 8.17 Å². The lowest BCUT2D eigenvalue weighted by atomic mass is 9.85. The van der Waals surface area contributed by atoms with Crippen LogP contribution in [0.2, 0.25) is 0 Å². The van der Waals surface area contributed by atoms with Crippen molar-refractivity contribution in [2.45, 2.75) is 154 Å². The highest BCUT2D eigenvalue weighted by Crippen LogP contribution is 2.58. The zero-order valence-corrected chi connectivity index (χ0v) is 46.4. The number of rotatable bonds is 19. The van der Waals surface area contributed by atoms with E-state index in [9.17, 15) is 129 Å². The van der Waals surface area contributed by atoms with E-state index in [-0.39, 0.29) is 6.17 Å². The van der Waals surface area contributed by atoms with Crippen LogP contribution in [0.4, 0.5) is 0 Å². The maximum Gasteiger partial charge on any atom is 0.376 e. The summed E-state index contributed by atoms with van der Waals surface area (Å²) in [5.74, 6) is -4.66. The fourth-order valence-corrected chi connectivity index (χ4v) is 10.7. The zero-order valence-electron chi connectivity index (χ0n) is 42.9. The first kappa shape index (κ1) is 80.1. The molecule has 5 aliphatic rings. The molecule has 0 aromatic heterocycles. The molecule has 2 aliphatic carbocycles. The Balaban J connectivity index is 0.000000547. The summed E-state index contributed by atoms with van der Waals surface area (Å²) in [5, 5.41) is 213. The monoisotopic (exact) mass is 1320 g/mol. The molecule has 3 heterocycles. The molecule has 0 radical (unpaired) electrons. The van der Waals surface area contributed by atoms with E-state index in [4.69, 9.17) is 45.0 Å². The zero-order chi connectivity index (χ0) is 65.2. The second-order valence-electron chi connectivity index (χ2n) is 17.7. The van der Waals surface area contributed by atoms with Crippen molar-refractivity contribution < 1.29 is 206 Å². The summed E-state index contributed by atoms with van der Waals surface area (Å²) < 4.78 is 71.2. The van der Waals surface area contributed by atoms with E-state index >= 15 is 0 Å². The maximum absolute atomic E-state index is 12.0. The van der Waals surface area contributed by atoms with Crippen LogP contribution in [0.1, 0.15) is 13.3 Å². The molecule has 22 N–H and O–H groups in total. The molecule has 26 atom stereocenters. The molecule has 0 bridgehead atoms. The van der Waals surface area contributed by atoms with E-state index in [1.807, 2.05) is 6.92 Å². The highest BCUT2D eigenvalue weighted by Gasteiger charge is 2.53. The molecule has 0 aromatic rings. The third kappa shape index (κ3) is 25.9. The molecule has 5 rings (SSSR count). The number of phosphoric ester groups is 4. The summed E-state index contributed by atoms with van der Waals surface area (Å²) in [7, 11) is -20.3. The Morgan fingerprint density at radius 1 is 0.667 bits per heavy atom. The second kappa shape index (κ2) is 36.1. The molecule has 20 unspecified atom stereocenters. The van der Waals surface area contributed by atoms with Crippen LogP contribution in [0, 0.1) is 0 Å². The number of aliphatic hydroxyl groups excluding tert-OH is 19. The second-order valence-corrected chi connectivity index (χ2v) is 23.4. The summed E-state index contributed by atoms with van der Waals surface area (Å²) in [6.45, 7) is -2.34. The van der Waals surface area contributed by atoms with Gasteiger partial charge in [-0.15, -0.1) is 0 Å². The highest BCUT2D eigenvalue weighted by molar-refractivity contribution is 7.59. The van der Waals surface area contributed by atoms with Gasteiger partial charge in [-0.25, -0.2) is 4.31 Å². The number of carboxylic acids is 3. The van der Waals surface area contributed by atoms with Gasteiger partial charge in [0.2, 0.25) is 0 Å². The predicted molar refractivity (Wildman–Crippen MR) is 242 cm³/mol. The minimum absolute atomic E-state index is 0.0802. The Morgan fingerprint density at radius 3 is 1.43 bits per heavy atom. The van der Waals surface area contributed by atoms with Crippen LogP contribution in [0.25, 0.3) is 0 Å². The van der Waals surface area contributed by atoms with Gasteiger partial charge in [-0.1, -0.05) is 0 Å². The number of hydrogen-bond acceptors (Lipinski definition) is 44. The molecule has 498 valence electrons. The SMILES string of the molecule is CC1NCC[C@@H](C(=O)[O-])N1.O=C([O-])C(CO)OC1OC(CO)[C@@H](O)[C@@H](O)C1O.O=C([O-])[C@@H]1COP(=O)([O-])OP(=O)([O-])O1.O=P([O-])(OC1C(O)C(O)C(O)[C@@H](O)C1O)OC1C(O)C(O)C(O)C(O)[C@H]1O.[O-][P+](O)(OCC(O)CO)OCC(O)CO. The van der Waals surface area contributed by atoms with Crippen molar-refractivity contribution in [1.29, 1.82) is 0 Å². The molecule has 3 saturated heterocycles. The first-order valence-corrected chi connectivity index (χ1v) is 29.5. The first-order valence-electron chi connectivity index (χ1n) is 23.6. The van der Waals surface area contributed by atoms with Gasteiger partial charge in [0.15, 0.2) is 6.29 Å². The number of hydrogen-bond donors (Lipinski definition) is 22. The van der Waals surface area contributed by atoms with Crippen LogP contribution in [-0.2, 0) is 69.0 Å². The molecule has 0 amide bonds. The van der Waals surface area contributed by atoms with E-state index in [1.54, 1.807) is 0 Å². The van der Waals surface area contributed by atoms with Crippen molar-refractivity contribution in [3.63, 3.8) is 0 Å². The molecule has 48 heteroatoms. The first-order chi connectivity index (χ1) is 38.5. The van der Waals surface area contributed by atoms with Crippen LogP contribution >= 0.6 is 31.6 Å². The van der Waals surface area contributed by atoms with E-state index < -0.39 is 230 Å². The molecule has 2 saturated carbocycles. The van der Waals surface area contributed by atoms with Gasteiger partial charge in [0.05, 0.1) is 57.1 Å². The smallest absolute Gasteiger partial charge is 0.376 e. The summed E-state index contributed by atoms with van der Waals surface area (Å²) in [4.78, 5) is 84.1. The third-order valence-corrected chi connectivity index (χ3v) is 15.8. The molecule has 0 spiro atoms. The van der Waals surface area contributed by atoms with E-state index in [2.05, 4.69) is 42.1 Å². The van der Waals surface area contributed by atoms with Crippen LogP contribution in [-0.4, -0.2) is 313 Å². The largest absolute Gasteiger partial charge is 0.756 e. The van der Waals surface area contributed by atoms with Crippen molar-refractivity contribution >= 4 is 49.5 Å². The molecular formula is C36H66N2O42P4-6.